The quantitative estimate of drug-likeness (QED) is 0.344. The van der Waals surface area contributed by atoms with E-state index in [1.807, 2.05) is 12.1 Å². The summed E-state index contributed by atoms with van der Waals surface area (Å²) in [5.74, 6) is -0.983. The minimum absolute atomic E-state index is 0.0466. The average Bonchev–Trinajstić information content (AvgIpc) is 2.52. The van der Waals surface area contributed by atoms with Gasteiger partial charge in [0.05, 0.1) is 12.1 Å². The van der Waals surface area contributed by atoms with Gasteiger partial charge in [0.2, 0.25) is 6.41 Å². The summed E-state index contributed by atoms with van der Waals surface area (Å²) in [6.07, 6.45) is 0.453. The summed E-state index contributed by atoms with van der Waals surface area (Å²) in [6.45, 7) is 0.231. The lowest BCUT2D eigenvalue weighted by atomic mass is 9.93. The Hall–Kier alpha value is -3.35. The highest BCUT2D eigenvalue weighted by Gasteiger charge is 2.12. The number of amides is 1. The summed E-state index contributed by atoms with van der Waals surface area (Å²) >= 11 is 0. The van der Waals surface area contributed by atoms with Gasteiger partial charge >= 0.3 is 5.97 Å². The molecule has 24 heavy (non-hydrogen) atoms. The first-order valence-corrected chi connectivity index (χ1v) is 7.21. The fourth-order valence-electron chi connectivity index (χ4n) is 2.48. The lowest BCUT2D eigenvalue weighted by molar-refractivity contribution is -0.136. The summed E-state index contributed by atoms with van der Waals surface area (Å²) < 4.78 is 0. The van der Waals surface area contributed by atoms with Gasteiger partial charge in [0, 0.05) is 6.54 Å². The summed E-state index contributed by atoms with van der Waals surface area (Å²) in [5.41, 5.74) is 14.4. The van der Waals surface area contributed by atoms with Crippen molar-refractivity contribution in [2.75, 3.05) is 0 Å². The van der Waals surface area contributed by atoms with Crippen LogP contribution in [0.5, 0.6) is 0 Å². The molecule has 0 unspecified atom stereocenters. The number of nitrogens with two attached hydrogens (primary N) is 2. The molecule has 0 heterocycles. The van der Waals surface area contributed by atoms with Crippen LogP contribution in [-0.4, -0.2) is 23.4 Å². The number of carbonyl (C=O) groups is 2. The zero-order valence-corrected chi connectivity index (χ0v) is 12.9. The van der Waals surface area contributed by atoms with E-state index >= 15 is 0 Å². The third kappa shape index (κ3) is 4.33. The second-order valence-electron chi connectivity index (χ2n) is 5.10. The Morgan fingerprint density at radius 1 is 1.21 bits per heavy atom. The minimum Gasteiger partial charge on any atom is -0.481 e. The molecule has 7 heteroatoms. The third-order valence-electron chi connectivity index (χ3n) is 3.39. The SMILES string of the molecule is NC(N)=Nc1cccc(-c2cccc(CC(=O)O)c2CNC=O)c1. The molecule has 7 nitrogen and oxygen atoms in total. The van der Waals surface area contributed by atoms with Gasteiger partial charge in [-0.2, -0.15) is 0 Å². The molecular weight excluding hydrogens is 308 g/mol. The number of nitrogens with one attached hydrogen (secondary N) is 1. The molecule has 2 aromatic rings. The Morgan fingerprint density at radius 3 is 2.62 bits per heavy atom. The maximum atomic E-state index is 11.1. The Labute approximate surface area is 139 Å². The Bertz CT molecular complexity index is 783. The van der Waals surface area contributed by atoms with Crippen LogP contribution < -0.4 is 16.8 Å². The van der Waals surface area contributed by atoms with Crippen LogP contribution in [0.1, 0.15) is 11.1 Å². The number of carboxylic acid groups (broad SMARTS) is 1. The molecule has 0 spiro atoms. The molecule has 0 aliphatic rings. The van der Waals surface area contributed by atoms with Crippen molar-refractivity contribution < 1.29 is 14.7 Å². The van der Waals surface area contributed by atoms with Crippen molar-refractivity contribution in [1.82, 2.24) is 5.32 Å². The van der Waals surface area contributed by atoms with E-state index < -0.39 is 5.97 Å². The molecule has 0 bridgehead atoms. The van der Waals surface area contributed by atoms with Gasteiger partial charge in [0.1, 0.15) is 0 Å². The first-order valence-electron chi connectivity index (χ1n) is 7.21. The number of rotatable bonds is 7. The van der Waals surface area contributed by atoms with Gasteiger partial charge < -0.3 is 21.9 Å². The molecule has 0 fully saturated rings. The number of nitrogens with zero attached hydrogens (tertiary/aromatic N) is 1. The summed E-state index contributed by atoms with van der Waals surface area (Å²) in [6, 6.07) is 12.6. The molecule has 124 valence electrons. The number of guanidine groups is 1. The second-order valence-corrected chi connectivity index (χ2v) is 5.10. The van der Waals surface area contributed by atoms with Gasteiger partial charge in [-0.15, -0.1) is 0 Å². The first kappa shape index (κ1) is 17.0. The third-order valence-corrected chi connectivity index (χ3v) is 3.39. The van der Waals surface area contributed by atoms with Crippen molar-refractivity contribution in [3.63, 3.8) is 0 Å². The fourth-order valence-corrected chi connectivity index (χ4v) is 2.48. The number of carboxylic acids is 1. The molecule has 2 aromatic carbocycles. The summed E-state index contributed by atoms with van der Waals surface area (Å²) in [7, 11) is 0. The smallest absolute Gasteiger partial charge is 0.307 e. The van der Waals surface area contributed by atoms with Gasteiger partial charge in [0.25, 0.3) is 0 Å². The van der Waals surface area contributed by atoms with Gasteiger partial charge in [-0.1, -0.05) is 30.3 Å². The second kappa shape index (κ2) is 7.77. The molecule has 0 saturated carbocycles. The van der Waals surface area contributed by atoms with E-state index in [-0.39, 0.29) is 18.9 Å². The van der Waals surface area contributed by atoms with Gasteiger partial charge in [0.15, 0.2) is 5.96 Å². The van der Waals surface area contributed by atoms with E-state index in [2.05, 4.69) is 10.3 Å². The van der Waals surface area contributed by atoms with Crippen molar-refractivity contribution in [1.29, 1.82) is 0 Å². The van der Waals surface area contributed by atoms with Crippen LogP contribution in [0.4, 0.5) is 5.69 Å². The van der Waals surface area contributed by atoms with Crippen molar-refractivity contribution in [2.24, 2.45) is 16.5 Å². The summed E-state index contributed by atoms with van der Waals surface area (Å²) in [5, 5.41) is 11.7. The molecule has 0 saturated heterocycles. The molecule has 0 radical (unpaired) electrons. The van der Waals surface area contributed by atoms with Gasteiger partial charge in [-0.3, -0.25) is 9.59 Å². The maximum Gasteiger partial charge on any atom is 0.307 e. The molecule has 0 atom stereocenters. The van der Waals surface area contributed by atoms with Crippen LogP contribution in [0, 0.1) is 0 Å². The number of hydrogen-bond acceptors (Lipinski definition) is 3. The van der Waals surface area contributed by atoms with Crippen molar-refractivity contribution in [2.45, 2.75) is 13.0 Å². The first-order chi connectivity index (χ1) is 11.5. The van der Waals surface area contributed by atoms with Crippen LogP contribution in [0.15, 0.2) is 47.5 Å². The fraction of sp³-hybridized carbons (Fsp3) is 0.118. The number of aliphatic imine (C=N–C) groups is 1. The highest BCUT2D eigenvalue weighted by Crippen LogP contribution is 2.29. The van der Waals surface area contributed by atoms with E-state index in [0.29, 0.717) is 17.7 Å². The molecule has 1 amide bonds. The molecular formula is C17H18N4O3. The van der Waals surface area contributed by atoms with E-state index in [9.17, 15) is 9.59 Å². The number of hydrogen-bond donors (Lipinski definition) is 4. The van der Waals surface area contributed by atoms with E-state index in [1.165, 1.54) is 0 Å². The average molecular weight is 326 g/mol. The van der Waals surface area contributed by atoms with Crippen LogP contribution in [0.3, 0.4) is 0 Å². The van der Waals surface area contributed by atoms with Gasteiger partial charge in [-0.25, -0.2) is 4.99 Å². The predicted octanol–water partition coefficient (Wildman–Crippen LogP) is 1.13. The van der Waals surface area contributed by atoms with E-state index in [4.69, 9.17) is 16.6 Å². The molecule has 2 rings (SSSR count). The Morgan fingerprint density at radius 2 is 1.96 bits per heavy atom. The monoisotopic (exact) mass is 326 g/mol. The van der Waals surface area contributed by atoms with Crippen molar-refractivity contribution in [3.8, 4) is 11.1 Å². The van der Waals surface area contributed by atoms with Crippen LogP contribution in [0.25, 0.3) is 11.1 Å². The molecule has 0 aromatic heterocycles. The van der Waals surface area contributed by atoms with Crippen molar-refractivity contribution in [3.05, 3.63) is 53.6 Å². The van der Waals surface area contributed by atoms with E-state index in [0.717, 1.165) is 16.7 Å². The topological polar surface area (TPSA) is 131 Å². The minimum atomic E-state index is -0.936. The van der Waals surface area contributed by atoms with Crippen LogP contribution >= 0.6 is 0 Å². The van der Waals surface area contributed by atoms with E-state index in [1.54, 1.807) is 30.3 Å². The maximum absolute atomic E-state index is 11.1. The zero-order valence-electron chi connectivity index (χ0n) is 12.9. The van der Waals surface area contributed by atoms with Crippen LogP contribution in [-0.2, 0) is 22.6 Å². The summed E-state index contributed by atoms with van der Waals surface area (Å²) in [4.78, 5) is 25.8. The van der Waals surface area contributed by atoms with Crippen LogP contribution in [0.2, 0.25) is 0 Å². The van der Waals surface area contributed by atoms with Gasteiger partial charge in [-0.05, 0) is 34.4 Å². The Balaban J connectivity index is 2.54. The largest absolute Gasteiger partial charge is 0.481 e. The number of aliphatic carboxylic acids is 1. The number of carbonyl (C=O) groups excluding carboxylic acids is 1. The molecule has 0 aliphatic carbocycles. The zero-order chi connectivity index (χ0) is 17.5. The predicted molar refractivity (Wildman–Crippen MR) is 91.6 cm³/mol. The standard InChI is InChI=1S/C17H18N4O3/c18-17(19)21-13-5-1-3-11(7-13)14-6-2-4-12(8-16(23)24)15(14)9-20-10-22/h1-7,10H,8-9H2,(H,20,22)(H,23,24)(H4,18,19,21). The lowest BCUT2D eigenvalue weighted by Gasteiger charge is -2.14. The highest BCUT2D eigenvalue weighted by atomic mass is 16.4. The highest BCUT2D eigenvalue weighted by molar-refractivity contribution is 5.81. The molecule has 0 aliphatic heterocycles. The molecule has 6 N–H and O–H groups in total. The lowest BCUT2D eigenvalue weighted by Crippen LogP contribution is -2.21. The Kier molecular flexibility index (Phi) is 5.51. The number of benzene rings is 2. The normalized spacial score (nSPS) is 10.0. The van der Waals surface area contributed by atoms with Crippen molar-refractivity contribution >= 4 is 24.0 Å².